The van der Waals surface area contributed by atoms with Gasteiger partial charge in [0.1, 0.15) is 0 Å². The molecule has 3 nitrogen and oxygen atoms in total. The summed E-state index contributed by atoms with van der Waals surface area (Å²) in [6, 6.07) is 0. The number of ether oxygens (including phenoxy) is 1. The van der Waals surface area contributed by atoms with E-state index in [9.17, 15) is 4.79 Å². The zero-order chi connectivity index (χ0) is 9.94. The zero-order valence-corrected chi connectivity index (χ0v) is 10.2. The lowest BCUT2D eigenvalue weighted by Gasteiger charge is -2.04. The van der Waals surface area contributed by atoms with Crippen molar-refractivity contribution < 1.29 is 9.53 Å². The normalized spacial score (nSPS) is 10.0. The van der Waals surface area contributed by atoms with Crippen molar-refractivity contribution in [3.05, 3.63) is 0 Å². The SMILES string of the molecule is CSCC(=O)NCCCOCCBr. The van der Waals surface area contributed by atoms with Crippen LogP contribution in [0.2, 0.25) is 0 Å². The maximum Gasteiger partial charge on any atom is 0.229 e. The molecule has 0 heterocycles. The number of hydrogen-bond acceptors (Lipinski definition) is 3. The van der Waals surface area contributed by atoms with Crippen LogP contribution in [-0.2, 0) is 9.53 Å². The van der Waals surface area contributed by atoms with Crippen molar-refractivity contribution in [2.24, 2.45) is 0 Å². The Morgan fingerprint density at radius 3 is 2.92 bits per heavy atom. The Morgan fingerprint density at radius 1 is 1.54 bits per heavy atom. The van der Waals surface area contributed by atoms with Gasteiger partial charge in [0.2, 0.25) is 5.91 Å². The molecule has 0 aromatic heterocycles. The summed E-state index contributed by atoms with van der Waals surface area (Å²) in [6.07, 6.45) is 2.80. The summed E-state index contributed by atoms with van der Waals surface area (Å²) in [4.78, 5) is 11.0. The van der Waals surface area contributed by atoms with Crippen LogP contribution in [0.25, 0.3) is 0 Å². The van der Waals surface area contributed by atoms with Crippen molar-refractivity contribution >= 4 is 33.6 Å². The lowest BCUT2D eigenvalue weighted by Crippen LogP contribution is -2.26. The standard InChI is InChI=1S/C8H16BrNO2S/c1-13-7-8(11)10-4-2-5-12-6-3-9/h2-7H2,1H3,(H,10,11). The molecule has 0 radical (unpaired) electrons. The van der Waals surface area contributed by atoms with Crippen LogP contribution < -0.4 is 5.32 Å². The average Bonchev–Trinajstić information content (AvgIpc) is 2.11. The maximum atomic E-state index is 11.0. The molecule has 0 atom stereocenters. The fourth-order valence-electron chi connectivity index (χ4n) is 0.741. The monoisotopic (exact) mass is 269 g/mol. The van der Waals surface area contributed by atoms with Crippen molar-refractivity contribution in [2.75, 3.05) is 37.1 Å². The van der Waals surface area contributed by atoms with E-state index in [0.29, 0.717) is 18.9 Å². The molecule has 0 aliphatic carbocycles. The first-order valence-corrected chi connectivity index (χ1v) is 6.72. The molecule has 13 heavy (non-hydrogen) atoms. The highest BCUT2D eigenvalue weighted by molar-refractivity contribution is 9.09. The molecule has 0 aliphatic rings. The van der Waals surface area contributed by atoms with E-state index in [1.54, 1.807) is 0 Å². The molecule has 0 aromatic carbocycles. The van der Waals surface area contributed by atoms with Crippen LogP contribution in [0.1, 0.15) is 6.42 Å². The van der Waals surface area contributed by atoms with Crippen LogP contribution in [0.15, 0.2) is 0 Å². The van der Waals surface area contributed by atoms with E-state index >= 15 is 0 Å². The van der Waals surface area contributed by atoms with E-state index in [2.05, 4.69) is 21.2 Å². The minimum Gasteiger partial charge on any atom is -0.381 e. The molecule has 0 aromatic rings. The van der Waals surface area contributed by atoms with Crippen LogP contribution in [0, 0.1) is 0 Å². The summed E-state index contributed by atoms with van der Waals surface area (Å²) in [5, 5.41) is 3.68. The Bertz CT molecular complexity index is 135. The molecule has 1 N–H and O–H groups in total. The molecule has 1 amide bonds. The number of hydrogen-bond donors (Lipinski definition) is 1. The van der Waals surface area contributed by atoms with E-state index < -0.39 is 0 Å². The number of carbonyl (C=O) groups is 1. The number of carbonyl (C=O) groups excluding carboxylic acids is 1. The summed E-state index contributed by atoms with van der Waals surface area (Å²) in [5.41, 5.74) is 0. The lowest BCUT2D eigenvalue weighted by atomic mass is 10.4. The minimum atomic E-state index is 0.105. The fourth-order valence-corrected chi connectivity index (χ4v) is 1.33. The number of amides is 1. The summed E-state index contributed by atoms with van der Waals surface area (Å²) in [6.45, 7) is 2.16. The molecule has 0 unspecified atom stereocenters. The molecule has 0 spiro atoms. The Hall–Kier alpha value is 0.260. The summed E-state index contributed by atoms with van der Waals surface area (Å²) >= 11 is 4.80. The number of rotatable bonds is 8. The van der Waals surface area contributed by atoms with Gasteiger partial charge in [0.15, 0.2) is 0 Å². The first-order valence-electron chi connectivity index (χ1n) is 4.20. The predicted octanol–water partition coefficient (Wildman–Crippen LogP) is 1.27. The Kier molecular flexibility index (Phi) is 10.5. The van der Waals surface area contributed by atoms with Gasteiger partial charge in [0, 0.05) is 18.5 Å². The third-order valence-corrected chi connectivity index (χ3v) is 2.16. The lowest BCUT2D eigenvalue weighted by molar-refractivity contribution is -0.118. The fraction of sp³-hybridized carbons (Fsp3) is 0.875. The van der Waals surface area contributed by atoms with Gasteiger partial charge in [-0.25, -0.2) is 0 Å². The first-order chi connectivity index (χ1) is 6.31. The van der Waals surface area contributed by atoms with Gasteiger partial charge in [-0.2, -0.15) is 11.8 Å². The molecule has 0 bridgehead atoms. The second-order valence-corrected chi connectivity index (χ2v) is 4.10. The van der Waals surface area contributed by atoms with Crippen LogP contribution in [0.4, 0.5) is 0 Å². The first kappa shape index (κ1) is 13.3. The Morgan fingerprint density at radius 2 is 2.31 bits per heavy atom. The van der Waals surface area contributed by atoms with Crippen molar-refractivity contribution in [1.29, 1.82) is 0 Å². The van der Waals surface area contributed by atoms with Crippen LogP contribution in [0.3, 0.4) is 0 Å². The molecular weight excluding hydrogens is 254 g/mol. The highest BCUT2D eigenvalue weighted by atomic mass is 79.9. The highest BCUT2D eigenvalue weighted by Gasteiger charge is 1.97. The largest absolute Gasteiger partial charge is 0.381 e. The maximum absolute atomic E-state index is 11.0. The number of halogens is 1. The van der Waals surface area contributed by atoms with Gasteiger partial charge in [-0.15, -0.1) is 0 Å². The van der Waals surface area contributed by atoms with Gasteiger partial charge in [0.25, 0.3) is 0 Å². The van der Waals surface area contributed by atoms with Gasteiger partial charge >= 0.3 is 0 Å². The Balaban J connectivity index is 3.02. The van der Waals surface area contributed by atoms with Crippen molar-refractivity contribution in [2.45, 2.75) is 6.42 Å². The van der Waals surface area contributed by atoms with Crippen molar-refractivity contribution in [3.63, 3.8) is 0 Å². The van der Waals surface area contributed by atoms with Crippen LogP contribution in [-0.4, -0.2) is 43.0 Å². The molecule has 0 fully saturated rings. The number of alkyl halides is 1. The van der Waals surface area contributed by atoms with E-state index in [4.69, 9.17) is 4.74 Å². The van der Waals surface area contributed by atoms with E-state index in [0.717, 1.165) is 18.4 Å². The number of thioether (sulfide) groups is 1. The van der Waals surface area contributed by atoms with Crippen molar-refractivity contribution in [3.8, 4) is 0 Å². The molecule has 0 saturated carbocycles. The van der Waals surface area contributed by atoms with Gasteiger partial charge < -0.3 is 10.1 Å². The highest BCUT2D eigenvalue weighted by Crippen LogP contribution is 1.89. The second-order valence-electron chi connectivity index (χ2n) is 2.44. The summed E-state index contributed by atoms with van der Waals surface area (Å²) in [5.74, 6) is 0.649. The molecule has 5 heteroatoms. The second kappa shape index (κ2) is 10.3. The average molecular weight is 270 g/mol. The van der Waals surface area contributed by atoms with Gasteiger partial charge in [-0.1, -0.05) is 15.9 Å². The van der Waals surface area contributed by atoms with Gasteiger partial charge in [0.05, 0.1) is 12.4 Å². The van der Waals surface area contributed by atoms with Gasteiger partial charge in [-0.05, 0) is 12.7 Å². The zero-order valence-electron chi connectivity index (χ0n) is 7.85. The third kappa shape index (κ3) is 10.2. The smallest absolute Gasteiger partial charge is 0.229 e. The number of nitrogens with one attached hydrogen (secondary N) is 1. The topological polar surface area (TPSA) is 38.3 Å². The van der Waals surface area contributed by atoms with Gasteiger partial charge in [-0.3, -0.25) is 4.79 Å². The molecule has 0 saturated heterocycles. The minimum absolute atomic E-state index is 0.105. The van der Waals surface area contributed by atoms with Crippen molar-refractivity contribution in [1.82, 2.24) is 5.32 Å². The van der Waals surface area contributed by atoms with E-state index in [-0.39, 0.29) is 5.91 Å². The quantitative estimate of drug-likeness (QED) is 0.533. The molecule has 0 aliphatic heterocycles. The molecular formula is C8H16BrNO2S. The van der Waals surface area contributed by atoms with E-state index in [1.165, 1.54) is 11.8 Å². The summed E-state index contributed by atoms with van der Waals surface area (Å²) < 4.78 is 5.22. The molecule has 78 valence electrons. The van der Waals surface area contributed by atoms with Crippen LogP contribution in [0.5, 0.6) is 0 Å². The third-order valence-electron chi connectivity index (χ3n) is 1.28. The summed E-state index contributed by atoms with van der Waals surface area (Å²) in [7, 11) is 0. The van der Waals surface area contributed by atoms with Crippen LogP contribution >= 0.6 is 27.7 Å². The predicted molar refractivity (Wildman–Crippen MR) is 60.6 cm³/mol. The Labute approximate surface area is 92.1 Å². The van der Waals surface area contributed by atoms with E-state index in [1.807, 2.05) is 6.26 Å². The molecule has 0 rings (SSSR count).